The van der Waals surface area contributed by atoms with Crippen LogP contribution in [0.1, 0.15) is 46.0 Å². The molecular formula is C20H29N3O6S. The predicted octanol–water partition coefficient (Wildman–Crippen LogP) is 0.325. The van der Waals surface area contributed by atoms with E-state index in [1.807, 2.05) is 26.0 Å². The third kappa shape index (κ3) is 4.91. The van der Waals surface area contributed by atoms with Crippen molar-refractivity contribution in [2.24, 2.45) is 23.7 Å². The van der Waals surface area contributed by atoms with E-state index < -0.39 is 39.5 Å². The molecular weight excluding hydrogens is 410 g/mol. The van der Waals surface area contributed by atoms with Crippen molar-refractivity contribution in [2.75, 3.05) is 11.5 Å². The molecule has 0 aromatic heterocycles. The molecule has 166 valence electrons. The lowest BCUT2D eigenvalue weighted by Gasteiger charge is -2.27. The van der Waals surface area contributed by atoms with Crippen molar-refractivity contribution in [3.8, 4) is 0 Å². The molecule has 9 nitrogen and oxygen atoms in total. The number of sulfone groups is 1. The van der Waals surface area contributed by atoms with E-state index >= 15 is 0 Å². The quantitative estimate of drug-likeness (QED) is 0.348. The summed E-state index contributed by atoms with van der Waals surface area (Å²) in [5, 5.41) is 0. The highest BCUT2D eigenvalue weighted by Crippen LogP contribution is 2.37. The number of carbonyl (C=O) groups is 4. The highest BCUT2D eigenvalue weighted by Gasteiger charge is 2.51. The van der Waals surface area contributed by atoms with E-state index in [2.05, 4.69) is 10.9 Å². The van der Waals surface area contributed by atoms with Crippen LogP contribution in [0, 0.1) is 23.7 Å². The van der Waals surface area contributed by atoms with Crippen molar-refractivity contribution in [3.63, 3.8) is 0 Å². The number of allylic oxidation sites excluding steroid dienone is 2. The molecule has 0 bridgehead atoms. The topological polar surface area (TPSA) is 130 Å². The van der Waals surface area contributed by atoms with E-state index in [1.165, 1.54) is 0 Å². The van der Waals surface area contributed by atoms with Gasteiger partial charge in [0.2, 0.25) is 17.7 Å². The van der Waals surface area contributed by atoms with Gasteiger partial charge in [-0.25, -0.2) is 8.42 Å². The lowest BCUT2D eigenvalue weighted by Crippen LogP contribution is -2.54. The van der Waals surface area contributed by atoms with Gasteiger partial charge in [0.15, 0.2) is 9.84 Å². The number of hydrazine groups is 1. The molecule has 4 atom stereocenters. The van der Waals surface area contributed by atoms with Gasteiger partial charge in [-0.3, -0.25) is 34.9 Å². The summed E-state index contributed by atoms with van der Waals surface area (Å²) in [6, 6.07) is -0.997. The van der Waals surface area contributed by atoms with E-state index in [0.29, 0.717) is 19.3 Å². The van der Waals surface area contributed by atoms with Gasteiger partial charge >= 0.3 is 0 Å². The summed E-state index contributed by atoms with van der Waals surface area (Å²) in [6.07, 6.45) is 5.45. The molecule has 4 unspecified atom stereocenters. The number of amides is 4. The summed E-state index contributed by atoms with van der Waals surface area (Å²) in [5.41, 5.74) is 4.64. The van der Waals surface area contributed by atoms with Crippen molar-refractivity contribution < 1.29 is 27.6 Å². The number of rotatable bonds is 6. The normalized spacial score (nSPS) is 28.5. The standard InChI is InChI=1S/C20H29N3O6S/c1-12(2)9-16(23-19(26)14-5-3-4-6-15(14)20(23)27)18(25)22-21-17(24)10-13-7-8-30(28,29)11-13/h3-4,12-16H,5-11H2,1-2H3,(H,21,24)(H,22,25). The summed E-state index contributed by atoms with van der Waals surface area (Å²) >= 11 is 0. The van der Waals surface area contributed by atoms with Crippen LogP contribution in [0.3, 0.4) is 0 Å². The van der Waals surface area contributed by atoms with Crippen molar-refractivity contribution in [2.45, 2.75) is 52.0 Å². The summed E-state index contributed by atoms with van der Waals surface area (Å²) in [5.74, 6) is -2.82. The maximum atomic E-state index is 12.9. The van der Waals surface area contributed by atoms with Gasteiger partial charge in [0.1, 0.15) is 6.04 Å². The molecule has 3 rings (SSSR count). The van der Waals surface area contributed by atoms with Gasteiger partial charge in [-0.15, -0.1) is 0 Å². The molecule has 30 heavy (non-hydrogen) atoms. The van der Waals surface area contributed by atoms with E-state index in [9.17, 15) is 27.6 Å². The Balaban J connectivity index is 1.62. The van der Waals surface area contributed by atoms with Gasteiger partial charge in [0.25, 0.3) is 5.91 Å². The largest absolute Gasteiger partial charge is 0.274 e. The van der Waals surface area contributed by atoms with Crippen LogP contribution in [-0.4, -0.2) is 54.5 Å². The second-order valence-corrected chi connectivity index (χ2v) is 11.1. The van der Waals surface area contributed by atoms with E-state index in [1.54, 1.807) is 0 Å². The fraction of sp³-hybridized carbons (Fsp3) is 0.700. The second kappa shape index (κ2) is 8.87. The van der Waals surface area contributed by atoms with Crippen LogP contribution >= 0.6 is 0 Å². The molecule has 0 spiro atoms. The maximum Gasteiger partial charge on any atom is 0.261 e. The van der Waals surface area contributed by atoms with Gasteiger partial charge in [0, 0.05) is 6.42 Å². The zero-order valence-electron chi connectivity index (χ0n) is 17.3. The molecule has 2 fully saturated rings. The molecule has 2 saturated heterocycles. The number of carbonyl (C=O) groups excluding carboxylic acids is 4. The number of imide groups is 1. The molecule has 0 aromatic carbocycles. The van der Waals surface area contributed by atoms with Gasteiger partial charge in [-0.05, 0) is 37.5 Å². The molecule has 10 heteroatoms. The van der Waals surface area contributed by atoms with Crippen LogP contribution < -0.4 is 10.9 Å². The zero-order valence-corrected chi connectivity index (χ0v) is 18.1. The van der Waals surface area contributed by atoms with E-state index in [-0.39, 0.29) is 48.0 Å². The molecule has 3 aliphatic rings. The number of fused-ring (bicyclic) bond motifs is 1. The molecule has 2 heterocycles. The summed E-state index contributed by atoms with van der Waals surface area (Å²) in [7, 11) is -3.09. The maximum absolute atomic E-state index is 12.9. The third-order valence-electron chi connectivity index (χ3n) is 5.98. The Hall–Kier alpha value is -2.23. The summed E-state index contributed by atoms with van der Waals surface area (Å²) in [6.45, 7) is 3.78. The SMILES string of the molecule is CC(C)CC(C(=O)NNC(=O)CC1CCS(=O)(=O)C1)N1C(=O)C2CC=CCC2C1=O. The van der Waals surface area contributed by atoms with Crippen LogP contribution in [0.25, 0.3) is 0 Å². The lowest BCUT2D eigenvalue weighted by molar-refractivity contribution is -0.149. The zero-order chi connectivity index (χ0) is 22.1. The van der Waals surface area contributed by atoms with Gasteiger partial charge in [-0.1, -0.05) is 26.0 Å². The molecule has 2 N–H and O–H groups in total. The van der Waals surface area contributed by atoms with Gasteiger partial charge in [0.05, 0.1) is 23.3 Å². The third-order valence-corrected chi connectivity index (χ3v) is 7.81. The molecule has 4 amide bonds. The Morgan fingerprint density at radius 3 is 2.20 bits per heavy atom. The monoisotopic (exact) mass is 439 g/mol. The molecule has 2 aliphatic heterocycles. The minimum absolute atomic E-state index is 0.00818. The fourth-order valence-electron chi connectivity index (χ4n) is 4.47. The first-order chi connectivity index (χ1) is 14.1. The van der Waals surface area contributed by atoms with Crippen LogP contribution in [-0.2, 0) is 29.0 Å². The summed E-state index contributed by atoms with van der Waals surface area (Å²) in [4.78, 5) is 51.7. The lowest BCUT2D eigenvalue weighted by atomic mass is 9.85. The Bertz CT molecular complexity index is 840. The smallest absolute Gasteiger partial charge is 0.261 e. The van der Waals surface area contributed by atoms with Crippen LogP contribution in [0.5, 0.6) is 0 Å². The van der Waals surface area contributed by atoms with Gasteiger partial charge in [-0.2, -0.15) is 0 Å². The Morgan fingerprint density at radius 2 is 1.70 bits per heavy atom. The van der Waals surface area contributed by atoms with Crippen molar-refractivity contribution in [1.82, 2.24) is 15.8 Å². The number of hydrogen-bond acceptors (Lipinski definition) is 6. The van der Waals surface area contributed by atoms with Crippen LogP contribution in [0.4, 0.5) is 0 Å². The average Bonchev–Trinajstić information content (AvgIpc) is 3.14. The second-order valence-electron chi connectivity index (χ2n) is 8.86. The highest BCUT2D eigenvalue weighted by atomic mass is 32.2. The number of nitrogens with one attached hydrogen (secondary N) is 2. The first kappa shape index (κ1) is 22.5. The number of likely N-dealkylation sites (tertiary alicyclic amines) is 1. The summed E-state index contributed by atoms with van der Waals surface area (Å²) < 4.78 is 23.0. The number of nitrogens with zero attached hydrogens (tertiary/aromatic N) is 1. The van der Waals surface area contributed by atoms with Crippen LogP contribution in [0.15, 0.2) is 12.2 Å². The molecule has 0 radical (unpaired) electrons. The van der Waals surface area contributed by atoms with Crippen molar-refractivity contribution >= 4 is 33.5 Å². The molecule has 0 saturated carbocycles. The van der Waals surface area contributed by atoms with Crippen LogP contribution in [0.2, 0.25) is 0 Å². The molecule has 1 aliphatic carbocycles. The minimum Gasteiger partial charge on any atom is -0.274 e. The average molecular weight is 440 g/mol. The van der Waals surface area contributed by atoms with E-state index in [0.717, 1.165) is 4.90 Å². The van der Waals surface area contributed by atoms with Crippen molar-refractivity contribution in [1.29, 1.82) is 0 Å². The number of hydrogen-bond donors (Lipinski definition) is 2. The first-order valence-electron chi connectivity index (χ1n) is 10.4. The minimum atomic E-state index is -3.09. The molecule has 0 aromatic rings. The fourth-order valence-corrected chi connectivity index (χ4v) is 6.33. The Labute approximate surface area is 176 Å². The Morgan fingerprint density at radius 1 is 1.10 bits per heavy atom. The van der Waals surface area contributed by atoms with Crippen molar-refractivity contribution in [3.05, 3.63) is 12.2 Å². The first-order valence-corrected chi connectivity index (χ1v) is 12.2. The predicted molar refractivity (Wildman–Crippen MR) is 108 cm³/mol. The van der Waals surface area contributed by atoms with E-state index in [4.69, 9.17) is 0 Å². The van der Waals surface area contributed by atoms with Gasteiger partial charge < -0.3 is 0 Å². The Kier molecular flexibility index (Phi) is 6.64. The highest BCUT2D eigenvalue weighted by molar-refractivity contribution is 7.91.